The normalized spacial score (nSPS) is 13.7. The Morgan fingerprint density at radius 3 is 2.38 bits per heavy atom. The molecule has 0 saturated carbocycles. The maximum absolute atomic E-state index is 12.8. The summed E-state index contributed by atoms with van der Waals surface area (Å²) in [6.07, 6.45) is 2.86. The average Bonchev–Trinajstić information content (AvgIpc) is 3.04. The Hall–Kier alpha value is -4.27. The SMILES string of the molecule is CCOCCCNC(=O)CCC(=O)N1CCN(c2ccc(Nc3ncc(C)c(Nc4cccc(S(=O)(=O)NC(C)(C)C)c4)n3)cc2)CC1. The molecule has 14 heteroatoms. The van der Waals surface area contributed by atoms with Crippen molar-refractivity contribution in [1.82, 2.24) is 24.9 Å². The zero-order valence-corrected chi connectivity index (χ0v) is 29.3. The van der Waals surface area contributed by atoms with Crippen LogP contribution in [0.25, 0.3) is 0 Å². The smallest absolute Gasteiger partial charge is 0.241 e. The summed E-state index contributed by atoms with van der Waals surface area (Å²) in [7, 11) is -3.69. The van der Waals surface area contributed by atoms with E-state index in [9.17, 15) is 18.0 Å². The summed E-state index contributed by atoms with van der Waals surface area (Å²) in [5.41, 5.74) is 2.62. The summed E-state index contributed by atoms with van der Waals surface area (Å²) in [5.74, 6) is 0.831. The van der Waals surface area contributed by atoms with E-state index in [2.05, 4.69) is 35.5 Å². The van der Waals surface area contributed by atoms with E-state index in [-0.39, 0.29) is 29.6 Å². The van der Waals surface area contributed by atoms with Crippen molar-refractivity contribution in [2.24, 2.45) is 0 Å². The van der Waals surface area contributed by atoms with E-state index in [1.165, 1.54) is 0 Å². The number of benzene rings is 2. The molecule has 1 aromatic heterocycles. The van der Waals surface area contributed by atoms with Crippen LogP contribution in [0.4, 0.5) is 28.8 Å². The molecular formula is C34H48N8O5S. The molecule has 1 fully saturated rings. The van der Waals surface area contributed by atoms with E-state index < -0.39 is 15.6 Å². The second-order valence-corrected chi connectivity index (χ2v) is 14.4. The van der Waals surface area contributed by atoms with Gasteiger partial charge in [0.2, 0.25) is 27.8 Å². The molecule has 3 aromatic rings. The number of carbonyl (C=O) groups is 2. The highest BCUT2D eigenvalue weighted by Gasteiger charge is 2.23. The Morgan fingerprint density at radius 1 is 0.958 bits per heavy atom. The zero-order chi connectivity index (χ0) is 34.7. The van der Waals surface area contributed by atoms with Crippen molar-refractivity contribution in [1.29, 1.82) is 0 Å². The van der Waals surface area contributed by atoms with Crippen molar-refractivity contribution in [3.8, 4) is 0 Å². The number of rotatable bonds is 15. The lowest BCUT2D eigenvalue weighted by molar-refractivity contribution is -0.133. The Labute approximate surface area is 283 Å². The molecule has 2 amide bonds. The molecule has 2 heterocycles. The number of carbonyl (C=O) groups excluding carboxylic acids is 2. The largest absolute Gasteiger partial charge is 0.382 e. The first-order valence-corrected chi connectivity index (χ1v) is 17.8. The Kier molecular flexibility index (Phi) is 12.7. The van der Waals surface area contributed by atoms with Crippen LogP contribution in [0.3, 0.4) is 0 Å². The molecular weight excluding hydrogens is 632 g/mol. The third kappa shape index (κ3) is 11.2. The number of nitrogens with one attached hydrogen (secondary N) is 4. The van der Waals surface area contributed by atoms with Crippen LogP contribution in [-0.2, 0) is 24.3 Å². The molecule has 0 aliphatic carbocycles. The Balaban J connectivity index is 1.27. The van der Waals surface area contributed by atoms with Crippen molar-refractivity contribution >= 4 is 50.7 Å². The molecule has 48 heavy (non-hydrogen) atoms. The number of aryl methyl sites for hydroxylation is 1. The molecule has 1 aliphatic rings. The minimum Gasteiger partial charge on any atom is -0.382 e. The highest BCUT2D eigenvalue weighted by Crippen LogP contribution is 2.25. The Morgan fingerprint density at radius 2 is 1.69 bits per heavy atom. The fourth-order valence-corrected chi connectivity index (χ4v) is 6.54. The van der Waals surface area contributed by atoms with Gasteiger partial charge in [0.1, 0.15) is 5.82 Å². The number of nitrogens with zero attached hydrogens (tertiary/aromatic N) is 4. The molecule has 0 unspecified atom stereocenters. The lowest BCUT2D eigenvalue weighted by atomic mass is 10.1. The summed E-state index contributed by atoms with van der Waals surface area (Å²) in [6, 6.07) is 14.5. The van der Waals surface area contributed by atoms with Crippen molar-refractivity contribution in [3.05, 3.63) is 60.3 Å². The standard InChI is InChI=1S/C34H48N8O5S/c1-6-47-22-8-17-35-30(43)15-16-31(44)42-20-18-41(19-21-42)28-13-11-26(12-14-28)38-33-36-24-25(2)32(39-33)37-27-9-7-10-29(23-27)48(45,46)40-34(3,4)5/h7,9-14,23-24,40H,6,8,15-22H2,1-5H3,(H,35,43)(H2,36,37,38,39). The molecule has 4 N–H and O–H groups in total. The zero-order valence-electron chi connectivity index (χ0n) is 28.5. The number of amides is 2. The summed E-state index contributed by atoms with van der Waals surface area (Å²) in [4.78, 5) is 38.0. The first-order chi connectivity index (χ1) is 22.8. The van der Waals surface area contributed by atoms with E-state index in [0.717, 1.165) is 23.4 Å². The van der Waals surface area contributed by atoms with Gasteiger partial charge in [-0.2, -0.15) is 4.98 Å². The van der Waals surface area contributed by atoms with E-state index >= 15 is 0 Å². The van der Waals surface area contributed by atoms with E-state index in [1.807, 2.05) is 43.0 Å². The van der Waals surface area contributed by atoms with Gasteiger partial charge in [-0.3, -0.25) is 9.59 Å². The van der Waals surface area contributed by atoms with Gasteiger partial charge in [-0.05, 0) is 83.5 Å². The molecule has 1 aliphatic heterocycles. The molecule has 0 atom stereocenters. The fraction of sp³-hybridized carbons (Fsp3) is 0.471. The third-order valence-corrected chi connectivity index (χ3v) is 9.25. The number of sulfonamides is 1. The summed E-state index contributed by atoms with van der Waals surface area (Å²) in [6.45, 7) is 13.6. The van der Waals surface area contributed by atoms with Gasteiger partial charge in [0.25, 0.3) is 0 Å². The van der Waals surface area contributed by atoms with Crippen molar-refractivity contribution in [2.75, 3.05) is 61.5 Å². The fourth-order valence-electron chi connectivity index (χ4n) is 5.08. The number of anilines is 5. The first-order valence-electron chi connectivity index (χ1n) is 16.3. The number of aromatic nitrogens is 2. The van der Waals surface area contributed by atoms with Gasteiger partial charge in [-0.1, -0.05) is 6.07 Å². The predicted molar refractivity (Wildman–Crippen MR) is 188 cm³/mol. The molecule has 4 rings (SSSR count). The van der Waals surface area contributed by atoms with Crippen molar-refractivity contribution in [3.63, 3.8) is 0 Å². The van der Waals surface area contributed by atoms with E-state index in [4.69, 9.17) is 4.74 Å². The van der Waals surface area contributed by atoms with Crippen molar-refractivity contribution < 1.29 is 22.7 Å². The monoisotopic (exact) mass is 680 g/mol. The highest BCUT2D eigenvalue weighted by atomic mass is 32.2. The Bertz CT molecular complexity index is 1640. The average molecular weight is 681 g/mol. The lowest BCUT2D eigenvalue weighted by Gasteiger charge is -2.36. The van der Waals surface area contributed by atoms with Gasteiger partial charge in [-0.25, -0.2) is 18.1 Å². The predicted octanol–water partition coefficient (Wildman–Crippen LogP) is 4.32. The van der Waals surface area contributed by atoms with E-state index in [1.54, 1.807) is 51.2 Å². The van der Waals surface area contributed by atoms with Crippen LogP contribution in [-0.4, -0.2) is 86.6 Å². The van der Waals surface area contributed by atoms with Crippen LogP contribution in [0.1, 0.15) is 52.5 Å². The van der Waals surface area contributed by atoms with Gasteiger partial charge >= 0.3 is 0 Å². The van der Waals surface area contributed by atoms with Crippen LogP contribution in [0.2, 0.25) is 0 Å². The topological polar surface area (TPSA) is 158 Å². The quantitative estimate of drug-likeness (QED) is 0.171. The van der Waals surface area contributed by atoms with Crippen LogP contribution >= 0.6 is 0 Å². The summed E-state index contributed by atoms with van der Waals surface area (Å²) in [5, 5.41) is 9.30. The first kappa shape index (κ1) is 36.6. The van der Waals surface area contributed by atoms with Gasteiger partial charge < -0.3 is 30.5 Å². The number of piperazine rings is 1. The summed E-state index contributed by atoms with van der Waals surface area (Å²) >= 11 is 0. The molecule has 0 radical (unpaired) electrons. The number of hydrogen-bond donors (Lipinski definition) is 4. The van der Waals surface area contributed by atoms with Crippen LogP contribution < -0.4 is 25.6 Å². The number of hydrogen-bond acceptors (Lipinski definition) is 10. The summed E-state index contributed by atoms with van der Waals surface area (Å²) < 4.78 is 33.6. The number of ether oxygens (including phenoxy) is 1. The van der Waals surface area contributed by atoms with Gasteiger partial charge in [-0.15, -0.1) is 0 Å². The van der Waals surface area contributed by atoms with E-state index in [0.29, 0.717) is 63.4 Å². The van der Waals surface area contributed by atoms with Crippen molar-refractivity contribution in [2.45, 2.75) is 64.3 Å². The molecule has 0 spiro atoms. The molecule has 1 saturated heterocycles. The lowest BCUT2D eigenvalue weighted by Crippen LogP contribution is -2.49. The van der Waals surface area contributed by atoms with Crippen LogP contribution in [0.15, 0.2) is 59.6 Å². The third-order valence-electron chi connectivity index (χ3n) is 7.50. The molecule has 0 bridgehead atoms. The second-order valence-electron chi connectivity index (χ2n) is 12.7. The minimum absolute atomic E-state index is 0.000836. The highest BCUT2D eigenvalue weighted by molar-refractivity contribution is 7.89. The molecule has 260 valence electrons. The van der Waals surface area contributed by atoms with Crippen LogP contribution in [0, 0.1) is 6.92 Å². The minimum atomic E-state index is -3.69. The van der Waals surface area contributed by atoms with Gasteiger partial charge in [0, 0.05) is 93.1 Å². The maximum Gasteiger partial charge on any atom is 0.241 e. The molecule has 2 aromatic carbocycles. The maximum atomic E-state index is 12.8. The van der Waals surface area contributed by atoms with Gasteiger partial charge in [0.05, 0.1) is 4.90 Å². The van der Waals surface area contributed by atoms with Crippen LogP contribution in [0.5, 0.6) is 0 Å². The molecule has 13 nitrogen and oxygen atoms in total. The second kappa shape index (κ2) is 16.7. The van der Waals surface area contributed by atoms with Gasteiger partial charge in [0.15, 0.2) is 0 Å².